The van der Waals surface area contributed by atoms with Crippen LogP contribution >= 0.6 is 0 Å². The molecule has 0 amide bonds. The van der Waals surface area contributed by atoms with Crippen LogP contribution in [0.5, 0.6) is 0 Å². The van der Waals surface area contributed by atoms with E-state index in [0.29, 0.717) is 5.39 Å². The summed E-state index contributed by atoms with van der Waals surface area (Å²) in [6.45, 7) is 0. The molecule has 0 aliphatic carbocycles. The van der Waals surface area contributed by atoms with Gasteiger partial charge in [0.25, 0.3) is 0 Å². The zero-order chi connectivity index (χ0) is 14.3. The summed E-state index contributed by atoms with van der Waals surface area (Å²) in [5.41, 5.74) is 0. The molecule has 7 nitrogen and oxygen atoms in total. The van der Waals surface area contributed by atoms with Crippen LogP contribution in [0.3, 0.4) is 0 Å². The van der Waals surface area contributed by atoms with Crippen LogP contribution in [0.4, 0.5) is 0 Å². The van der Waals surface area contributed by atoms with Crippen molar-refractivity contribution < 1.29 is 55.2 Å². The molecule has 0 aromatic heterocycles. The van der Waals surface area contributed by atoms with Crippen LogP contribution < -0.4 is 35.5 Å². The standard InChI is InChI=1S/C10H9NO6S2.Na/c11-17-19(15,16)10-8-4-2-1-3-7(8)5-6-9(10)18(12,13)14;/h1-6H,11H2,(H,12,13,14);/q;+1/p-1. The summed E-state index contributed by atoms with van der Waals surface area (Å²) in [7, 11) is -9.52. The van der Waals surface area contributed by atoms with Crippen molar-refractivity contribution in [3.05, 3.63) is 36.4 Å². The summed E-state index contributed by atoms with van der Waals surface area (Å²) in [4.78, 5) is -1.64. The Hall–Kier alpha value is -0.520. The fourth-order valence-corrected chi connectivity index (χ4v) is 3.78. The monoisotopic (exact) mass is 325 g/mol. The maximum atomic E-state index is 11.7. The van der Waals surface area contributed by atoms with Gasteiger partial charge >= 0.3 is 39.7 Å². The fraction of sp³-hybridized carbons (Fsp3) is 0. The van der Waals surface area contributed by atoms with Gasteiger partial charge < -0.3 is 4.55 Å². The SMILES string of the molecule is NOS(=O)(=O)c1c(S(=O)(=O)[O-])ccc2ccccc12.[Na+]. The Morgan fingerprint density at radius 2 is 1.60 bits per heavy atom. The third-order valence-corrected chi connectivity index (χ3v) is 4.69. The molecule has 0 aliphatic heterocycles. The molecule has 0 bridgehead atoms. The van der Waals surface area contributed by atoms with Gasteiger partial charge in [0.15, 0.2) is 0 Å². The van der Waals surface area contributed by atoms with Crippen molar-refractivity contribution in [2.75, 3.05) is 0 Å². The normalized spacial score (nSPS) is 12.1. The number of fused-ring (bicyclic) bond motifs is 1. The second-order valence-corrected chi connectivity index (χ2v) is 6.48. The van der Waals surface area contributed by atoms with Gasteiger partial charge in [-0.1, -0.05) is 30.3 Å². The molecular weight excluding hydrogens is 317 g/mol. The number of benzene rings is 2. The van der Waals surface area contributed by atoms with Crippen LogP contribution in [-0.2, 0) is 24.5 Å². The molecule has 0 aliphatic rings. The third-order valence-electron chi connectivity index (χ3n) is 2.49. The maximum absolute atomic E-state index is 11.7. The minimum absolute atomic E-state index is 0. The molecule has 10 heteroatoms. The van der Waals surface area contributed by atoms with E-state index in [1.165, 1.54) is 18.2 Å². The first-order chi connectivity index (χ1) is 8.77. The van der Waals surface area contributed by atoms with Crippen molar-refractivity contribution in [3.8, 4) is 0 Å². The molecule has 20 heavy (non-hydrogen) atoms. The predicted molar refractivity (Wildman–Crippen MR) is 64.4 cm³/mol. The van der Waals surface area contributed by atoms with Crippen molar-refractivity contribution in [1.29, 1.82) is 0 Å². The van der Waals surface area contributed by atoms with Crippen molar-refractivity contribution in [1.82, 2.24) is 0 Å². The van der Waals surface area contributed by atoms with Crippen molar-refractivity contribution >= 4 is 31.0 Å². The summed E-state index contributed by atoms with van der Waals surface area (Å²) in [6.07, 6.45) is 0. The molecule has 0 spiro atoms. The Morgan fingerprint density at radius 1 is 1.00 bits per heavy atom. The largest absolute Gasteiger partial charge is 1.00 e. The van der Waals surface area contributed by atoms with Gasteiger partial charge in [0.05, 0.1) is 4.90 Å². The van der Waals surface area contributed by atoms with Gasteiger partial charge in [-0.05, 0) is 11.5 Å². The summed E-state index contributed by atoms with van der Waals surface area (Å²) >= 11 is 0. The number of hydrogen-bond donors (Lipinski definition) is 1. The minimum Gasteiger partial charge on any atom is -0.744 e. The number of rotatable bonds is 3. The van der Waals surface area contributed by atoms with E-state index in [-0.39, 0.29) is 34.9 Å². The smallest absolute Gasteiger partial charge is 0.744 e. The van der Waals surface area contributed by atoms with Crippen LogP contribution in [0, 0.1) is 0 Å². The van der Waals surface area contributed by atoms with E-state index >= 15 is 0 Å². The molecule has 0 unspecified atom stereocenters. The van der Waals surface area contributed by atoms with Crippen LogP contribution in [0.2, 0.25) is 0 Å². The van der Waals surface area contributed by atoms with E-state index in [4.69, 9.17) is 0 Å². The number of nitrogens with two attached hydrogens (primary N) is 1. The topological polar surface area (TPSA) is 127 Å². The average molecular weight is 325 g/mol. The quantitative estimate of drug-likeness (QED) is 0.370. The maximum Gasteiger partial charge on any atom is 1.00 e. The molecule has 0 radical (unpaired) electrons. The molecule has 0 saturated carbocycles. The predicted octanol–water partition coefficient (Wildman–Crippen LogP) is -2.67. The second kappa shape index (κ2) is 6.08. The Kier molecular flexibility index (Phi) is 5.33. The van der Waals surface area contributed by atoms with E-state index in [2.05, 4.69) is 10.2 Å². The van der Waals surface area contributed by atoms with Gasteiger partial charge in [-0.3, -0.25) is 0 Å². The van der Waals surface area contributed by atoms with E-state index < -0.39 is 30.0 Å². The third kappa shape index (κ3) is 3.21. The Bertz CT molecular complexity index is 847. The molecular formula is C10H8NNaO6S2. The van der Waals surface area contributed by atoms with Gasteiger partial charge in [0.1, 0.15) is 15.0 Å². The fourth-order valence-electron chi connectivity index (χ4n) is 1.73. The van der Waals surface area contributed by atoms with E-state index in [0.717, 1.165) is 6.07 Å². The molecule has 2 N–H and O–H groups in total. The van der Waals surface area contributed by atoms with Gasteiger partial charge in [-0.2, -0.15) is 18.6 Å². The Balaban J connectivity index is 0.00000200. The van der Waals surface area contributed by atoms with Crippen LogP contribution in [0.1, 0.15) is 0 Å². The molecule has 2 rings (SSSR count). The minimum atomic E-state index is -4.98. The summed E-state index contributed by atoms with van der Waals surface area (Å²) in [5.74, 6) is 4.66. The Morgan fingerprint density at radius 3 is 2.15 bits per heavy atom. The first-order valence-electron chi connectivity index (χ1n) is 4.88. The molecule has 0 heterocycles. The molecule has 2 aromatic rings. The second-order valence-electron chi connectivity index (χ2n) is 3.62. The van der Waals surface area contributed by atoms with Crippen molar-refractivity contribution in [2.45, 2.75) is 9.79 Å². The summed E-state index contributed by atoms with van der Waals surface area (Å²) in [6, 6.07) is 8.29. The first kappa shape index (κ1) is 17.5. The van der Waals surface area contributed by atoms with Gasteiger partial charge in [0.2, 0.25) is 0 Å². The van der Waals surface area contributed by atoms with Gasteiger partial charge in [-0.25, -0.2) is 8.42 Å². The Labute approximate surface area is 137 Å². The summed E-state index contributed by atoms with van der Waals surface area (Å²) in [5, 5.41) is 0.482. The zero-order valence-electron chi connectivity index (χ0n) is 10.3. The van der Waals surface area contributed by atoms with Gasteiger partial charge in [0, 0.05) is 5.39 Å². The van der Waals surface area contributed by atoms with E-state index in [1.807, 2.05) is 0 Å². The molecule has 2 aromatic carbocycles. The first-order valence-corrected chi connectivity index (χ1v) is 7.70. The summed E-state index contributed by atoms with van der Waals surface area (Å²) < 4.78 is 60.7. The van der Waals surface area contributed by atoms with E-state index in [1.54, 1.807) is 12.1 Å². The zero-order valence-corrected chi connectivity index (χ0v) is 13.9. The van der Waals surface area contributed by atoms with Gasteiger partial charge in [-0.15, -0.1) is 0 Å². The molecule has 102 valence electrons. The molecule has 0 atom stereocenters. The van der Waals surface area contributed by atoms with Crippen LogP contribution in [-0.4, -0.2) is 21.4 Å². The molecule has 0 saturated heterocycles. The van der Waals surface area contributed by atoms with Crippen LogP contribution in [0.15, 0.2) is 46.2 Å². The van der Waals surface area contributed by atoms with Crippen LogP contribution in [0.25, 0.3) is 10.8 Å². The van der Waals surface area contributed by atoms with Crippen molar-refractivity contribution in [2.24, 2.45) is 5.90 Å². The molecule has 0 fully saturated rings. The average Bonchev–Trinajstić information content (AvgIpc) is 2.36. The van der Waals surface area contributed by atoms with E-state index in [9.17, 15) is 21.4 Å². The number of hydrogen-bond acceptors (Lipinski definition) is 7. The van der Waals surface area contributed by atoms with Crippen molar-refractivity contribution in [3.63, 3.8) is 0 Å².